The number of furan rings is 1. The highest BCUT2D eigenvalue weighted by molar-refractivity contribution is 5.86. The molecule has 1 aliphatic rings. The van der Waals surface area contributed by atoms with Crippen LogP contribution in [0.25, 0.3) is 0 Å². The summed E-state index contributed by atoms with van der Waals surface area (Å²) in [5, 5.41) is 2.74. The summed E-state index contributed by atoms with van der Waals surface area (Å²) in [6.07, 6.45) is -0.930. The zero-order chi connectivity index (χ0) is 18.0. The van der Waals surface area contributed by atoms with Gasteiger partial charge in [-0.3, -0.25) is 9.59 Å². The summed E-state index contributed by atoms with van der Waals surface area (Å²) in [4.78, 5) is 26.0. The van der Waals surface area contributed by atoms with E-state index >= 15 is 0 Å². The number of benzene rings is 1. The third-order valence-electron chi connectivity index (χ3n) is 4.17. The highest BCUT2D eigenvalue weighted by Crippen LogP contribution is 2.29. The van der Waals surface area contributed by atoms with Crippen molar-refractivity contribution in [2.24, 2.45) is 0 Å². The Bertz CT molecular complexity index is 789. The van der Waals surface area contributed by atoms with E-state index in [1.54, 1.807) is 25.2 Å². The van der Waals surface area contributed by atoms with Crippen LogP contribution in [0.15, 0.2) is 40.8 Å². The number of hydrogen-bond donors (Lipinski definition) is 1. The Balaban J connectivity index is 1.79. The Morgan fingerprint density at radius 1 is 1.36 bits per heavy atom. The first-order chi connectivity index (χ1) is 12.0. The zero-order valence-corrected chi connectivity index (χ0v) is 14.0. The number of halogens is 1. The number of amides is 2. The van der Waals surface area contributed by atoms with E-state index in [0.29, 0.717) is 11.3 Å². The number of nitrogens with one attached hydrogen (secondary N) is 1. The molecule has 3 rings (SSSR count). The van der Waals surface area contributed by atoms with Gasteiger partial charge in [-0.1, -0.05) is 12.1 Å². The first-order valence-corrected chi connectivity index (χ1v) is 7.91. The van der Waals surface area contributed by atoms with Gasteiger partial charge in [0.25, 0.3) is 5.91 Å². The standard InChI is InChI=1S/C18H19FN2O4/c1-11-6-7-14(25-11)9-20-18(23)17-16(21(2)15(22)10-24-17)12-4-3-5-13(19)8-12/h3-8,16-17H,9-10H2,1-2H3,(H,20,23)/t16-,17-/m0/s1. The number of likely N-dealkylation sites (N-methyl/N-ethyl adjacent to an activating group) is 1. The van der Waals surface area contributed by atoms with Gasteiger partial charge in [0.1, 0.15) is 23.9 Å². The average molecular weight is 346 g/mol. The Morgan fingerprint density at radius 2 is 2.16 bits per heavy atom. The van der Waals surface area contributed by atoms with Crippen molar-refractivity contribution in [2.75, 3.05) is 13.7 Å². The predicted molar refractivity (Wildman–Crippen MR) is 86.9 cm³/mol. The second kappa shape index (κ2) is 7.06. The minimum Gasteiger partial charge on any atom is -0.465 e. The van der Waals surface area contributed by atoms with Gasteiger partial charge in [-0.15, -0.1) is 0 Å². The molecule has 25 heavy (non-hydrogen) atoms. The maximum Gasteiger partial charge on any atom is 0.252 e. The number of ether oxygens (including phenoxy) is 1. The maximum absolute atomic E-state index is 13.6. The molecule has 0 aliphatic carbocycles. The smallest absolute Gasteiger partial charge is 0.252 e. The molecule has 132 valence electrons. The Morgan fingerprint density at radius 3 is 2.84 bits per heavy atom. The summed E-state index contributed by atoms with van der Waals surface area (Å²) in [7, 11) is 1.58. The van der Waals surface area contributed by atoms with Crippen LogP contribution in [0.4, 0.5) is 4.39 Å². The van der Waals surface area contributed by atoms with Crippen LogP contribution in [0.5, 0.6) is 0 Å². The van der Waals surface area contributed by atoms with Gasteiger partial charge < -0.3 is 19.4 Å². The summed E-state index contributed by atoms with van der Waals surface area (Å²) in [5.41, 5.74) is 0.504. The highest BCUT2D eigenvalue weighted by Gasteiger charge is 2.40. The molecule has 1 N–H and O–H groups in total. The molecular weight excluding hydrogens is 327 g/mol. The number of rotatable bonds is 4. The lowest BCUT2D eigenvalue weighted by molar-refractivity contribution is -0.162. The Labute approximate surface area is 144 Å². The number of aryl methyl sites for hydroxylation is 1. The lowest BCUT2D eigenvalue weighted by Gasteiger charge is -2.38. The van der Waals surface area contributed by atoms with Gasteiger partial charge in [0, 0.05) is 7.05 Å². The number of carbonyl (C=O) groups excluding carboxylic acids is 2. The van der Waals surface area contributed by atoms with Gasteiger partial charge in [-0.2, -0.15) is 0 Å². The fourth-order valence-corrected chi connectivity index (χ4v) is 2.88. The van der Waals surface area contributed by atoms with Crippen LogP contribution in [0.2, 0.25) is 0 Å². The summed E-state index contributed by atoms with van der Waals surface area (Å²) >= 11 is 0. The van der Waals surface area contributed by atoms with Gasteiger partial charge >= 0.3 is 0 Å². The van der Waals surface area contributed by atoms with Crippen molar-refractivity contribution in [3.63, 3.8) is 0 Å². The molecule has 7 heteroatoms. The van der Waals surface area contributed by atoms with E-state index in [1.165, 1.54) is 23.1 Å². The molecule has 1 saturated heterocycles. The lowest BCUT2D eigenvalue weighted by atomic mass is 9.97. The van der Waals surface area contributed by atoms with Crippen LogP contribution >= 0.6 is 0 Å². The topological polar surface area (TPSA) is 71.8 Å². The zero-order valence-electron chi connectivity index (χ0n) is 14.0. The monoisotopic (exact) mass is 346 g/mol. The summed E-state index contributed by atoms with van der Waals surface area (Å²) in [5.74, 6) is 0.284. The molecule has 1 fully saturated rings. The maximum atomic E-state index is 13.6. The SMILES string of the molecule is Cc1ccc(CNC(=O)[C@H]2OCC(=O)N(C)[C@H]2c2cccc(F)c2)o1. The minimum atomic E-state index is -0.930. The molecule has 1 aliphatic heterocycles. The summed E-state index contributed by atoms with van der Waals surface area (Å²) in [6.45, 7) is 1.83. The largest absolute Gasteiger partial charge is 0.465 e. The van der Waals surface area contributed by atoms with Gasteiger partial charge in [-0.05, 0) is 36.8 Å². The van der Waals surface area contributed by atoms with Gasteiger partial charge in [-0.25, -0.2) is 4.39 Å². The molecule has 2 aromatic rings. The van der Waals surface area contributed by atoms with Crippen LogP contribution in [0.3, 0.4) is 0 Å². The molecule has 0 spiro atoms. The van der Waals surface area contributed by atoms with E-state index in [2.05, 4.69) is 5.32 Å². The molecular formula is C18H19FN2O4. The molecule has 0 unspecified atom stereocenters. The first-order valence-electron chi connectivity index (χ1n) is 7.91. The number of nitrogens with zero attached hydrogens (tertiary/aromatic N) is 1. The van der Waals surface area contributed by atoms with E-state index in [0.717, 1.165) is 5.76 Å². The van der Waals surface area contributed by atoms with E-state index in [1.807, 2.05) is 6.92 Å². The number of carbonyl (C=O) groups is 2. The molecule has 2 atom stereocenters. The second-order valence-electron chi connectivity index (χ2n) is 5.97. The molecule has 1 aromatic heterocycles. The van der Waals surface area contributed by atoms with Gasteiger partial charge in [0.05, 0.1) is 12.6 Å². The molecule has 1 aromatic carbocycles. The third kappa shape index (κ3) is 3.71. The quantitative estimate of drug-likeness (QED) is 0.918. The predicted octanol–water partition coefficient (Wildman–Crippen LogP) is 1.94. The second-order valence-corrected chi connectivity index (χ2v) is 5.97. The molecule has 0 saturated carbocycles. The minimum absolute atomic E-state index is 0.194. The number of hydrogen-bond acceptors (Lipinski definition) is 4. The lowest BCUT2D eigenvalue weighted by Crippen LogP contribution is -2.52. The van der Waals surface area contributed by atoms with Gasteiger partial charge in [0.15, 0.2) is 6.10 Å². The van der Waals surface area contributed by atoms with Crippen LogP contribution in [0, 0.1) is 12.7 Å². The van der Waals surface area contributed by atoms with Crippen molar-refractivity contribution < 1.29 is 23.1 Å². The molecule has 2 heterocycles. The average Bonchev–Trinajstić information content (AvgIpc) is 3.00. The summed E-state index contributed by atoms with van der Waals surface area (Å²) in [6, 6.07) is 8.70. The van der Waals surface area contributed by atoms with Crippen molar-refractivity contribution in [2.45, 2.75) is 25.6 Å². The van der Waals surface area contributed by atoms with Crippen LogP contribution in [0.1, 0.15) is 23.1 Å². The third-order valence-corrected chi connectivity index (χ3v) is 4.17. The van der Waals surface area contributed by atoms with E-state index < -0.39 is 18.0 Å². The van der Waals surface area contributed by atoms with Crippen molar-refractivity contribution in [1.82, 2.24) is 10.2 Å². The molecule has 2 amide bonds. The van der Waals surface area contributed by atoms with Crippen molar-refractivity contribution in [1.29, 1.82) is 0 Å². The molecule has 0 bridgehead atoms. The highest BCUT2D eigenvalue weighted by atomic mass is 19.1. The van der Waals surface area contributed by atoms with Crippen molar-refractivity contribution in [3.05, 3.63) is 59.3 Å². The van der Waals surface area contributed by atoms with E-state index in [4.69, 9.17) is 9.15 Å². The van der Waals surface area contributed by atoms with E-state index in [9.17, 15) is 14.0 Å². The molecule has 0 radical (unpaired) electrons. The fraction of sp³-hybridized carbons (Fsp3) is 0.333. The summed E-state index contributed by atoms with van der Waals surface area (Å²) < 4.78 is 24.5. The normalized spacial score (nSPS) is 20.6. The van der Waals surface area contributed by atoms with Crippen molar-refractivity contribution in [3.8, 4) is 0 Å². The van der Waals surface area contributed by atoms with Gasteiger partial charge in [0.2, 0.25) is 5.91 Å². The van der Waals surface area contributed by atoms with Crippen LogP contribution < -0.4 is 5.32 Å². The van der Waals surface area contributed by atoms with Crippen LogP contribution in [-0.4, -0.2) is 36.5 Å². The van der Waals surface area contributed by atoms with Crippen molar-refractivity contribution >= 4 is 11.8 Å². The Kier molecular flexibility index (Phi) is 4.85. The molecule has 6 nitrogen and oxygen atoms in total. The first kappa shape index (κ1) is 17.2. The Hall–Kier alpha value is -2.67. The van der Waals surface area contributed by atoms with Crippen LogP contribution in [-0.2, 0) is 20.9 Å². The number of morpholine rings is 1. The fourth-order valence-electron chi connectivity index (χ4n) is 2.88. The van der Waals surface area contributed by atoms with E-state index in [-0.39, 0.29) is 25.0 Å².